The van der Waals surface area contributed by atoms with Gasteiger partial charge in [-0.05, 0) is 6.42 Å². The molecule has 0 aromatic heterocycles. The first-order chi connectivity index (χ1) is 8.42. The Morgan fingerprint density at radius 3 is 2.22 bits per heavy atom. The van der Waals surface area contributed by atoms with Crippen molar-refractivity contribution < 1.29 is 29.7 Å². The lowest BCUT2D eigenvalue weighted by Crippen LogP contribution is -2.49. The predicted molar refractivity (Wildman–Crippen MR) is 61.2 cm³/mol. The lowest BCUT2D eigenvalue weighted by molar-refractivity contribution is -0.145. The highest BCUT2D eigenvalue weighted by Crippen LogP contribution is 1.98. The fourth-order valence-corrected chi connectivity index (χ4v) is 1.32. The Balaban J connectivity index is 4.54. The summed E-state index contributed by atoms with van der Waals surface area (Å²) in [5.41, 5.74) is 0. The van der Waals surface area contributed by atoms with Crippen LogP contribution in [0.5, 0.6) is 0 Å². The van der Waals surface area contributed by atoms with E-state index >= 15 is 0 Å². The second-order valence-electron chi connectivity index (χ2n) is 3.65. The van der Waals surface area contributed by atoms with Crippen molar-refractivity contribution in [3.8, 4) is 0 Å². The maximum absolute atomic E-state index is 11.7. The summed E-state index contributed by atoms with van der Waals surface area (Å²) in [6.45, 7) is 2.00. The van der Waals surface area contributed by atoms with E-state index in [9.17, 15) is 14.4 Å². The summed E-state index contributed by atoms with van der Waals surface area (Å²) in [6, 6.07) is -2.17. The molecule has 2 amide bonds. The molecule has 4 N–H and O–H groups in total. The minimum Gasteiger partial charge on any atom is -0.481 e. The van der Waals surface area contributed by atoms with Crippen LogP contribution in [0, 0.1) is 0 Å². The average Bonchev–Trinajstić information content (AvgIpc) is 2.27. The molecule has 0 aromatic rings. The van der Waals surface area contributed by atoms with Gasteiger partial charge in [0.1, 0.15) is 6.04 Å². The quantitative estimate of drug-likeness (QED) is 0.459. The Morgan fingerprint density at radius 2 is 1.83 bits per heavy atom. The van der Waals surface area contributed by atoms with Crippen LogP contribution in [0.25, 0.3) is 0 Å². The third kappa shape index (κ3) is 6.04. The van der Waals surface area contributed by atoms with E-state index in [1.807, 2.05) is 6.92 Å². The molecule has 8 nitrogen and oxygen atoms in total. The maximum atomic E-state index is 11.7. The van der Waals surface area contributed by atoms with Crippen LogP contribution in [0.2, 0.25) is 0 Å². The minimum atomic E-state index is -1.48. The van der Waals surface area contributed by atoms with Gasteiger partial charge in [-0.15, -0.1) is 0 Å². The van der Waals surface area contributed by atoms with Crippen LogP contribution in [-0.4, -0.2) is 63.9 Å². The number of rotatable bonds is 8. The number of urea groups is 1. The predicted octanol–water partition coefficient (Wildman–Crippen LogP) is -0.672. The number of carbonyl (C=O) groups is 3. The molecular formula is C10H18N2O6. The zero-order chi connectivity index (χ0) is 14.1. The molecule has 0 radical (unpaired) electrons. The number of hydrogen-bond acceptors (Lipinski definition) is 4. The van der Waals surface area contributed by atoms with Gasteiger partial charge in [-0.25, -0.2) is 9.59 Å². The zero-order valence-corrected chi connectivity index (χ0v) is 10.1. The van der Waals surface area contributed by atoms with Crippen LogP contribution in [0.1, 0.15) is 19.8 Å². The fourth-order valence-electron chi connectivity index (χ4n) is 1.32. The standard InChI is InChI=1S/C10H18N2O6/c1-2-3-12(4-5-13)10(18)11-7(9(16)17)6-8(14)15/h7,13H,2-6H2,1H3,(H,11,18)(H,14,15)(H,16,17)/t7-/m1/s1. The van der Waals surface area contributed by atoms with E-state index < -0.39 is 30.4 Å². The number of hydrogen-bond donors (Lipinski definition) is 4. The Labute approximate surface area is 104 Å². The molecule has 0 rings (SSSR count). The van der Waals surface area contributed by atoms with Gasteiger partial charge in [0, 0.05) is 13.1 Å². The fraction of sp³-hybridized carbons (Fsp3) is 0.700. The van der Waals surface area contributed by atoms with Crippen molar-refractivity contribution in [1.29, 1.82) is 0 Å². The molecule has 0 aliphatic heterocycles. The summed E-state index contributed by atoms with van der Waals surface area (Å²) in [4.78, 5) is 34.1. The molecule has 0 saturated heterocycles. The van der Waals surface area contributed by atoms with Crippen molar-refractivity contribution in [2.24, 2.45) is 0 Å². The lowest BCUT2D eigenvalue weighted by atomic mass is 10.2. The van der Waals surface area contributed by atoms with E-state index in [2.05, 4.69) is 5.32 Å². The van der Waals surface area contributed by atoms with Gasteiger partial charge in [-0.3, -0.25) is 4.79 Å². The van der Waals surface area contributed by atoms with Gasteiger partial charge in [0.2, 0.25) is 0 Å². The molecule has 0 fully saturated rings. The monoisotopic (exact) mass is 262 g/mol. The van der Waals surface area contributed by atoms with Crippen molar-refractivity contribution in [3.05, 3.63) is 0 Å². The highest BCUT2D eigenvalue weighted by Gasteiger charge is 2.25. The molecular weight excluding hydrogens is 244 g/mol. The molecule has 0 aromatic carbocycles. The molecule has 18 heavy (non-hydrogen) atoms. The molecule has 0 spiro atoms. The van der Waals surface area contributed by atoms with Gasteiger partial charge in [0.05, 0.1) is 13.0 Å². The van der Waals surface area contributed by atoms with E-state index in [4.69, 9.17) is 15.3 Å². The van der Waals surface area contributed by atoms with Crippen molar-refractivity contribution in [1.82, 2.24) is 10.2 Å². The normalized spacial score (nSPS) is 11.7. The van der Waals surface area contributed by atoms with Crippen LogP contribution < -0.4 is 5.32 Å². The van der Waals surface area contributed by atoms with Crippen molar-refractivity contribution in [3.63, 3.8) is 0 Å². The minimum absolute atomic E-state index is 0.0685. The first kappa shape index (κ1) is 16.2. The molecule has 104 valence electrons. The van der Waals surface area contributed by atoms with E-state index in [0.717, 1.165) is 0 Å². The third-order valence-electron chi connectivity index (χ3n) is 2.13. The van der Waals surface area contributed by atoms with Gasteiger partial charge in [-0.2, -0.15) is 0 Å². The summed E-state index contributed by atoms with van der Waals surface area (Å²) >= 11 is 0. The van der Waals surface area contributed by atoms with E-state index in [0.29, 0.717) is 13.0 Å². The molecule has 0 aliphatic carbocycles. The number of nitrogens with one attached hydrogen (secondary N) is 1. The average molecular weight is 262 g/mol. The van der Waals surface area contributed by atoms with Crippen molar-refractivity contribution in [2.45, 2.75) is 25.8 Å². The van der Waals surface area contributed by atoms with Crippen LogP contribution in [0.3, 0.4) is 0 Å². The van der Waals surface area contributed by atoms with Crippen molar-refractivity contribution in [2.75, 3.05) is 19.7 Å². The van der Waals surface area contributed by atoms with Crippen LogP contribution in [0.15, 0.2) is 0 Å². The molecule has 1 atom stereocenters. The first-order valence-electron chi connectivity index (χ1n) is 5.53. The molecule has 0 aliphatic rings. The second-order valence-corrected chi connectivity index (χ2v) is 3.65. The molecule has 0 unspecified atom stereocenters. The summed E-state index contributed by atoms with van der Waals surface area (Å²) in [7, 11) is 0. The number of amides is 2. The number of carboxylic acid groups (broad SMARTS) is 2. The third-order valence-corrected chi connectivity index (χ3v) is 2.13. The Kier molecular flexibility index (Phi) is 7.45. The van der Waals surface area contributed by atoms with Crippen LogP contribution >= 0.6 is 0 Å². The molecule has 8 heteroatoms. The number of aliphatic hydroxyl groups is 1. The summed E-state index contributed by atoms with van der Waals surface area (Å²) in [5, 5.41) is 28.2. The second kappa shape index (κ2) is 8.29. The molecule has 0 heterocycles. The number of aliphatic carboxylic acids is 2. The SMILES string of the molecule is CCCN(CCO)C(=O)N[C@H](CC(=O)O)C(=O)O. The maximum Gasteiger partial charge on any atom is 0.326 e. The Morgan fingerprint density at radius 1 is 1.22 bits per heavy atom. The molecule has 0 bridgehead atoms. The lowest BCUT2D eigenvalue weighted by Gasteiger charge is -2.23. The Bertz CT molecular complexity index is 301. The molecule has 0 saturated carbocycles. The van der Waals surface area contributed by atoms with Gasteiger partial charge < -0.3 is 25.5 Å². The summed E-state index contributed by atoms with van der Waals surface area (Å²) < 4.78 is 0. The van der Waals surface area contributed by atoms with Gasteiger partial charge >= 0.3 is 18.0 Å². The topological polar surface area (TPSA) is 127 Å². The summed E-state index contributed by atoms with van der Waals surface area (Å²) in [6.07, 6.45) is -0.0513. The highest BCUT2D eigenvalue weighted by molar-refractivity contribution is 5.86. The summed E-state index contributed by atoms with van der Waals surface area (Å²) in [5.74, 6) is -2.72. The number of carboxylic acids is 2. The first-order valence-corrected chi connectivity index (χ1v) is 5.53. The highest BCUT2D eigenvalue weighted by atomic mass is 16.4. The van der Waals surface area contributed by atoms with E-state index in [1.54, 1.807) is 0 Å². The van der Waals surface area contributed by atoms with E-state index in [-0.39, 0.29) is 13.2 Å². The number of aliphatic hydroxyl groups excluding tert-OH is 1. The number of nitrogens with zero attached hydrogens (tertiary/aromatic N) is 1. The van der Waals surface area contributed by atoms with Crippen LogP contribution in [0.4, 0.5) is 4.79 Å². The zero-order valence-electron chi connectivity index (χ0n) is 10.1. The van der Waals surface area contributed by atoms with Gasteiger partial charge in [-0.1, -0.05) is 6.92 Å². The van der Waals surface area contributed by atoms with E-state index in [1.165, 1.54) is 4.90 Å². The van der Waals surface area contributed by atoms with Crippen molar-refractivity contribution >= 4 is 18.0 Å². The largest absolute Gasteiger partial charge is 0.481 e. The van der Waals surface area contributed by atoms with Gasteiger partial charge in [0.25, 0.3) is 0 Å². The Hall–Kier alpha value is -1.83. The van der Waals surface area contributed by atoms with Crippen LogP contribution in [-0.2, 0) is 9.59 Å². The smallest absolute Gasteiger partial charge is 0.326 e. The van der Waals surface area contributed by atoms with Gasteiger partial charge in [0.15, 0.2) is 0 Å². The number of carbonyl (C=O) groups excluding carboxylic acids is 1.